The minimum absolute atomic E-state index is 0.128. The molecule has 0 radical (unpaired) electrons. The van der Waals surface area contributed by atoms with Gasteiger partial charge < -0.3 is 26.3 Å². The molecular weight excluding hydrogens is 344 g/mol. The number of carbonyl (C=O) groups is 1. The first-order chi connectivity index (χ1) is 13.0. The van der Waals surface area contributed by atoms with Crippen molar-refractivity contribution in [3.05, 3.63) is 53.7 Å². The zero-order valence-electron chi connectivity index (χ0n) is 15.5. The molecule has 1 heterocycles. The van der Waals surface area contributed by atoms with E-state index in [1.165, 1.54) is 30.0 Å². The van der Waals surface area contributed by atoms with Crippen molar-refractivity contribution < 1.29 is 14.3 Å². The molecule has 1 aromatic carbocycles. The van der Waals surface area contributed by atoms with Crippen LogP contribution >= 0.6 is 0 Å². The van der Waals surface area contributed by atoms with E-state index in [9.17, 15) is 4.79 Å². The summed E-state index contributed by atoms with van der Waals surface area (Å²) < 4.78 is 11.7. The number of hydrogen-bond acceptors (Lipinski definition) is 6. The van der Waals surface area contributed by atoms with Crippen molar-refractivity contribution in [3.8, 4) is 5.75 Å². The molecule has 1 aromatic rings. The molecule has 1 fully saturated rings. The van der Waals surface area contributed by atoms with Crippen molar-refractivity contribution in [3.63, 3.8) is 0 Å². The average molecular weight is 370 g/mol. The molecule has 7 nitrogen and oxygen atoms in total. The van der Waals surface area contributed by atoms with Crippen LogP contribution in [-0.2, 0) is 21.7 Å². The fourth-order valence-corrected chi connectivity index (χ4v) is 3.22. The Balaban J connectivity index is 1.62. The Bertz CT molecular complexity index is 796. The number of allylic oxidation sites excluding steroid dienone is 1. The van der Waals surface area contributed by atoms with E-state index < -0.39 is 6.04 Å². The highest BCUT2D eigenvalue weighted by atomic mass is 16.5. The number of amides is 1. The van der Waals surface area contributed by atoms with Gasteiger partial charge in [0.2, 0.25) is 11.8 Å². The summed E-state index contributed by atoms with van der Waals surface area (Å²) in [6.07, 6.45) is 6.43. The molecule has 1 atom stereocenters. The third-order valence-corrected chi connectivity index (χ3v) is 5.04. The lowest BCUT2D eigenvalue weighted by Crippen LogP contribution is -2.40. The van der Waals surface area contributed by atoms with E-state index >= 15 is 0 Å². The van der Waals surface area contributed by atoms with Crippen LogP contribution in [0, 0.1) is 0 Å². The zero-order valence-corrected chi connectivity index (χ0v) is 15.5. The second-order valence-electron chi connectivity index (χ2n) is 6.84. The highest BCUT2D eigenvalue weighted by Crippen LogP contribution is 2.51. The van der Waals surface area contributed by atoms with Gasteiger partial charge in [-0.05, 0) is 55.5 Å². The van der Waals surface area contributed by atoms with Crippen molar-refractivity contribution in [2.24, 2.45) is 16.5 Å². The number of fused-ring (bicyclic) bond motifs is 2. The Morgan fingerprint density at radius 3 is 2.93 bits per heavy atom. The van der Waals surface area contributed by atoms with Gasteiger partial charge in [0.1, 0.15) is 5.75 Å². The van der Waals surface area contributed by atoms with Crippen molar-refractivity contribution in [2.45, 2.75) is 50.9 Å². The summed E-state index contributed by atoms with van der Waals surface area (Å²) in [6, 6.07) is 5.30. The standard InChI is InChI=1S/C20H26N4O3/c1-3-18(22)19(25)24-15(10-21)11-23-13(2)27-16-6-5-14-12-26-20(7-4-8-20)17(14)9-16/h5-6,9-11,18H,2-4,7-8,12,21-22H2,1H3,(H,24,25)/b15-10+,23-11?/t18-/m1/s1. The fraction of sp³-hybridized carbons (Fsp3) is 0.400. The van der Waals surface area contributed by atoms with Crippen molar-refractivity contribution in [1.82, 2.24) is 5.32 Å². The van der Waals surface area contributed by atoms with Crippen LogP contribution in [0.25, 0.3) is 0 Å². The number of hydrogen-bond donors (Lipinski definition) is 3. The lowest BCUT2D eigenvalue weighted by atomic mass is 9.75. The van der Waals surface area contributed by atoms with E-state index in [-0.39, 0.29) is 17.4 Å². The molecule has 1 aliphatic heterocycles. The molecule has 5 N–H and O–H groups in total. The van der Waals surface area contributed by atoms with Gasteiger partial charge in [0.25, 0.3) is 0 Å². The predicted molar refractivity (Wildman–Crippen MR) is 104 cm³/mol. The molecule has 1 aliphatic carbocycles. The molecule has 27 heavy (non-hydrogen) atoms. The number of nitrogens with two attached hydrogens (primary N) is 2. The number of rotatable bonds is 7. The maximum absolute atomic E-state index is 11.8. The first kappa shape index (κ1) is 19.1. The SMILES string of the molecule is C=C(N=C/C(=C\N)NC(=O)[C@H](N)CC)Oc1ccc2c(c1)C1(CCC1)OC2. The number of aliphatic imine (C=N–C) groups is 1. The van der Waals surface area contributed by atoms with Crippen LogP contribution < -0.4 is 21.5 Å². The third-order valence-electron chi connectivity index (χ3n) is 5.04. The average Bonchev–Trinajstić information content (AvgIpc) is 3.03. The van der Waals surface area contributed by atoms with E-state index in [0.717, 1.165) is 12.8 Å². The molecule has 2 aliphatic rings. The normalized spacial score (nSPS) is 18.8. The highest BCUT2D eigenvalue weighted by molar-refractivity contribution is 5.90. The maximum Gasteiger partial charge on any atom is 0.241 e. The molecule has 0 unspecified atom stereocenters. The summed E-state index contributed by atoms with van der Waals surface area (Å²) in [4.78, 5) is 15.9. The zero-order chi connectivity index (χ0) is 19.4. The van der Waals surface area contributed by atoms with Gasteiger partial charge in [0.15, 0.2) is 0 Å². The van der Waals surface area contributed by atoms with Gasteiger partial charge in [-0.15, -0.1) is 0 Å². The molecular formula is C20H26N4O3. The lowest BCUT2D eigenvalue weighted by Gasteiger charge is -2.38. The second-order valence-corrected chi connectivity index (χ2v) is 6.84. The van der Waals surface area contributed by atoms with Crippen LogP contribution in [0.5, 0.6) is 5.75 Å². The van der Waals surface area contributed by atoms with Crippen LogP contribution in [0.4, 0.5) is 0 Å². The number of carbonyl (C=O) groups excluding carboxylic acids is 1. The number of ether oxygens (including phenoxy) is 2. The molecule has 0 saturated heterocycles. The smallest absolute Gasteiger partial charge is 0.241 e. The summed E-state index contributed by atoms with van der Waals surface area (Å²) in [6.45, 7) is 6.27. The van der Waals surface area contributed by atoms with Gasteiger partial charge >= 0.3 is 0 Å². The molecule has 7 heteroatoms. The summed E-state index contributed by atoms with van der Waals surface area (Å²) in [5.74, 6) is 0.518. The first-order valence-electron chi connectivity index (χ1n) is 9.14. The van der Waals surface area contributed by atoms with Gasteiger partial charge in [-0.2, -0.15) is 0 Å². The molecule has 0 aromatic heterocycles. The van der Waals surface area contributed by atoms with Gasteiger partial charge in [0.05, 0.1) is 30.2 Å². The van der Waals surface area contributed by atoms with Crippen LogP contribution in [0.3, 0.4) is 0 Å². The van der Waals surface area contributed by atoms with E-state index in [0.29, 0.717) is 24.5 Å². The minimum Gasteiger partial charge on any atom is -0.440 e. The summed E-state index contributed by atoms with van der Waals surface area (Å²) >= 11 is 0. The molecule has 1 amide bonds. The fourth-order valence-electron chi connectivity index (χ4n) is 3.22. The van der Waals surface area contributed by atoms with Crippen molar-refractivity contribution in [2.75, 3.05) is 0 Å². The quantitative estimate of drug-likeness (QED) is 0.503. The van der Waals surface area contributed by atoms with Crippen LogP contribution in [0.2, 0.25) is 0 Å². The lowest BCUT2D eigenvalue weighted by molar-refractivity contribution is -0.121. The van der Waals surface area contributed by atoms with E-state index in [2.05, 4.69) is 16.9 Å². The van der Waals surface area contributed by atoms with Crippen molar-refractivity contribution >= 4 is 12.1 Å². The number of benzene rings is 1. The van der Waals surface area contributed by atoms with Gasteiger partial charge in [-0.3, -0.25) is 4.79 Å². The van der Waals surface area contributed by atoms with Gasteiger partial charge in [-0.1, -0.05) is 13.0 Å². The van der Waals surface area contributed by atoms with Crippen LogP contribution in [0.1, 0.15) is 43.7 Å². The number of nitrogens with one attached hydrogen (secondary N) is 1. The highest BCUT2D eigenvalue weighted by Gasteiger charge is 2.45. The summed E-state index contributed by atoms with van der Waals surface area (Å²) in [5, 5.41) is 2.61. The largest absolute Gasteiger partial charge is 0.440 e. The predicted octanol–water partition coefficient (Wildman–Crippen LogP) is 2.17. The minimum atomic E-state index is -0.597. The Morgan fingerprint density at radius 2 is 2.30 bits per heavy atom. The maximum atomic E-state index is 11.8. The molecule has 144 valence electrons. The monoisotopic (exact) mass is 370 g/mol. The summed E-state index contributed by atoms with van der Waals surface area (Å²) in [5.41, 5.74) is 13.8. The number of nitrogens with zero attached hydrogens (tertiary/aromatic N) is 1. The molecule has 1 saturated carbocycles. The Morgan fingerprint density at radius 1 is 1.52 bits per heavy atom. The first-order valence-corrected chi connectivity index (χ1v) is 9.14. The molecule has 3 rings (SSSR count). The van der Waals surface area contributed by atoms with E-state index in [4.69, 9.17) is 20.9 Å². The Labute approximate surface area is 159 Å². The third kappa shape index (κ3) is 4.04. The van der Waals surface area contributed by atoms with Gasteiger partial charge in [0, 0.05) is 6.20 Å². The van der Waals surface area contributed by atoms with Gasteiger partial charge in [-0.25, -0.2) is 4.99 Å². The van der Waals surface area contributed by atoms with E-state index in [1.54, 1.807) is 0 Å². The van der Waals surface area contributed by atoms with Crippen LogP contribution in [0.15, 0.2) is 47.6 Å². The van der Waals surface area contributed by atoms with E-state index in [1.807, 2.05) is 25.1 Å². The summed E-state index contributed by atoms with van der Waals surface area (Å²) in [7, 11) is 0. The Hall–Kier alpha value is -2.64. The molecule has 1 spiro atoms. The van der Waals surface area contributed by atoms with Crippen molar-refractivity contribution in [1.29, 1.82) is 0 Å². The second kappa shape index (κ2) is 7.94. The Kier molecular flexibility index (Phi) is 5.62. The molecule has 0 bridgehead atoms. The van der Waals surface area contributed by atoms with Crippen LogP contribution in [-0.4, -0.2) is 18.2 Å². The topological polar surface area (TPSA) is 112 Å².